The van der Waals surface area contributed by atoms with Gasteiger partial charge in [0, 0.05) is 22.9 Å². The van der Waals surface area contributed by atoms with Crippen molar-refractivity contribution >= 4 is 53.4 Å². The summed E-state index contributed by atoms with van der Waals surface area (Å²) in [6, 6.07) is 17.6. The van der Waals surface area contributed by atoms with Gasteiger partial charge in [-0.2, -0.15) is 11.8 Å². The largest absolute Gasteiger partial charge is 0.389 e. The molecule has 12 heteroatoms. The molecule has 0 saturated heterocycles. The van der Waals surface area contributed by atoms with Crippen LogP contribution in [0.5, 0.6) is 0 Å². The molecule has 0 spiro atoms. The number of nitrogens with two attached hydrogens (primary N) is 2. The number of benzene rings is 2. The van der Waals surface area contributed by atoms with Gasteiger partial charge in [-0.05, 0) is 55.2 Å². The average Bonchev–Trinajstić information content (AvgIpc) is 2.78. The van der Waals surface area contributed by atoms with Crippen LogP contribution in [0.3, 0.4) is 0 Å². The van der Waals surface area contributed by atoms with Crippen LogP contribution >= 0.6 is 29.9 Å². The van der Waals surface area contributed by atoms with Crippen molar-refractivity contribution < 1.29 is 23.2 Å². The molecule has 0 saturated carbocycles. The number of rotatable bonds is 11. The first-order valence-corrected chi connectivity index (χ1v) is 14.9. The normalized spacial score (nSPS) is 10.1. The Morgan fingerprint density at radius 2 is 1.24 bits per heavy atom. The highest BCUT2D eigenvalue weighted by atomic mass is 32.7. The molecule has 9 nitrogen and oxygen atoms in total. The summed E-state index contributed by atoms with van der Waals surface area (Å²) in [5.74, 6) is 2.90. The lowest BCUT2D eigenvalue weighted by Gasteiger charge is -2.15. The molecule has 0 bridgehead atoms. The molecule has 0 aliphatic heterocycles. The first-order chi connectivity index (χ1) is 16.3. The standard InChI is InChI=1S/C13H12N2O.C8H19O3PS2.CH4N2O/c16-13(14-11-7-3-1-4-8-11)15-12-9-5-2-6-10-12;1-4-10-12(9,11-5-2)14-8-7-13-6-3;2-1(3)4/h1-10H,(H2,14,15,16);4-8H2,1-3H3;(H4,2,3,4). The molecular weight excluding hydrogens is 495 g/mol. The van der Waals surface area contributed by atoms with Gasteiger partial charge in [-0.1, -0.05) is 43.3 Å². The molecule has 0 heterocycles. The summed E-state index contributed by atoms with van der Waals surface area (Å²) in [5.41, 5.74) is 10.0. The number of para-hydroxylation sites is 2. The number of anilines is 2. The van der Waals surface area contributed by atoms with Gasteiger partial charge in [0.25, 0.3) is 0 Å². The molecule has 2 aromatic carbocycles. The van der Waals surface area contributed by atoms with Crippen LogP contribution in [0.15, 0.2) is 60.7 Å². The highest BCUT2D eigenvalue weighted by molar-refractivity contribution is 8.55. The Kier molecular flexibility index (Phi) is 18.9. The SMILES string of the molecule is CCOP(=O)(OCC)SCCSCC.NC(N)=O.O=C(Nc1ccccc1)Nc1ccccc1. The molecule has 2 rings (SSSR count). The van der Waals surface area contributed by atoms with Gasteiger partial charge in [0.15, 0.2) is 0 Å². The minimum absolute atomic E-state index is 0.239. The van der Waals surface area contributed by atoms with Crippen molar-refractivity contribution in [3.05, 3.63) is 60.7 Å². The van der Waals surface area contributed by atoms with Crippen molar-refractivity contribution in [2.75, 3.05) is 41.1 Å². The number of nitrogens with one attached hydrogen (secondary N) is 2. The molecule has 0 fully saturated rings. The highest BCUT2D eigenvalue weighted by Gasteiger charge is 2.23. The Morgan fingerprint density at radius 1 is 0.824 bits per heavy atom. The zero-order valence-corrected chi connectivity index (χ0v) is 22.3. The number of hydrogen-bond donors (Lipinski definition) is 4. The molecule has 190 valence electrons. The van der Waals surface area contributed by atoms with Crippen molar-refractivity contribution in [3.8, 4) is 0 Å². The van der Waals surface area contributed by atoms with Crippen LogP contribution in [0.25, 0.3) is 0 Å². The first-order valence-electron chi connectivity index (χ1n) is 10.6. The Morgan fingerprint density at radius 3 is 1.59 bits per heavy atom. The molecule has 0 atom stereocenters. The number of carbonyl (C=O) groups excluding carboxylic acids is 2. The Labute approximate surface area is 210 Å². The third-order valence-electron chi connectivity index (χ3n) is 3.32. The lowest BCUT2D eigenvalue weighted by atomic mass is 10.3. The molecule has 2 aromatic rings. The molecule has 6 N–H and O–H groups in total. The van der Waals surface area contributed by atoms with Crippen LogP contribution in [0.2, 0.25) is 0 Å². The summed E-state index contributed by atoms with van der Waals surface area (Å²) in [5, 5.41) is 5.48. The van der Waals surface area contributed by atoms with Gasteiger partial charge < -0.3 is 31.1 Å². The molecule has 34 heavy (non-hydrogen) atoms. The maximum Gasteiger partial charge on any atom is 0.389 e. The van der Waals surface area contributed by atoms with Gasteiger partial charge in [-0.25, -0.2) is 14.2 Å². The fourth-order valence-electron chi connectivity index (χ4n) is 2.12. The second-order valence-corrected chi connectivity index (χ2v) is 11.6. The summed E-state index contributed by atoms with van der Waals surface area (Å²) in [6.07, 6.45) is 0. The number of urea groups is 2. The summed E-state index contributed by atoms with van der Waals surface area (Å²) < 4.78 is 22.2. The summed E-state index contributed by atoms with van der Waals surface area (Å²) in [4.78, 5) is 20.6. The van der Waals surface area contributed by atoms with E-state index >= 15 is 0 Å². The quantitative estimate of drug-likeness (QED) is 0.206. The molecule has 4 amide bonds. The van der Waals surface area contributed by atoms with Crippen LogP contribution < -0.4 is 22.1 Å². The summed E-state index contributed by atoms with van der Waals surface area (Å²) >= 11 is 3.14. The molecule has 0 unspecified atom stereocenters. The highest BCUT2D eigenvalue weighted by Crippen LogP contribution is 2.60. The number of amides is 4. The molecule has 0 radical (unpaired) electrons. The lowest BCUT2D eigenvalue weighted by Crippen LogP contribution is -2.19. The first kappa shape index (κ1) is 31.8. The molecule has 0 aliphatic rings. The minimum Gasteiger partial charge on any atom is -0.352 e. The monoisotopic (exact) mass is 530 g/mol. The van der Waals surface area contributed by atoms with Gasteiger partial charge in [0.05, 0.1) is 13.2 Å². The van der Waals surface area contributed by atoms with E-state index < -0.39 is 12.8 Å². The zero-order valence-electron chi connectivity index (χ0n) is 19.8. The van der Waals surface area contributed by atoms with Gasteiger partial charge in [-0.3, -0.25) is 0 Å². The van der Waals surface area contributed by atoms with Crippen LogP contribution in [0.4, 0.5) is 21.0 Å². The van der Waals surface area contributed by atoms with E-state index in [-0.39, 0.29) is 6.03 Å². The van der Waals surface area contributed by atoms with Crippen molar-refractivity contribution in [2.45, 2.75) is 20.8 Å². The smallest absolute Gasteiger partial charge is 0.352 e. The van der Waals surface area contributed by atoms with Crippen LogP contribution in [0.1, 0.15) is 20.8 Å². The maximum atomic E-state index is 11.9. The van der Waals surface area contributed by atoms with E-state index in [2.05, 4.69) is 29.0 Å². The van der Waals surface area contributed by atoms with Crippen LogP contribution in [0, 0.1) is 0 Å². The maximum absolute atomic E-state index is 11.9. The fourth-order valence-corrected chi connectivity index (χ4v) is 6.68. The van der Waals surface area contributed by atoms with Gasteiger partial charge in [0.1, 0.15) is 0 Å². The van der Waals surface area contributed by atoms with Gasteiger partial charge in [0.2, 0.25) is 0 Å². The predicted octanol–water partition coefficient (Wildman–Crippen LogP) is 6.01. The van der Waals surface area contributed by atoms with Crippen LogP contribution in [-0.2, 0) is 13.6 Å². The zero-order chi connectivity index (χ0) is 25.7. The fraction of sp³-hybridized carbons (Fsp3) is 0.364. The number of thioether (sulfide) groups is 1. The third kappa shape index (κ3) is 18.3. The second-order valence-electron chi connectivity index (χ2n) is 6.03. The second kappa shape index (κ2) is 20.2. The Balaban J connectivity index is 0.000000559. The molecular formula is C22H35N4O5PS2. The van der Waals surface area contributed by atoms with Crippen LogP contribution in [-0.4, -0.2) is 42.5 Å². The van der Waals surface area contributed by atoms with E-state index in [1.807, 2.05) is 86.3 Å². The molecule has 0 aromatic heterocycles. The average molecular weight is 531 g/mol. The van der Waals surface area contributed by atoms with Crippen molar-refractivity contribution in [2.24, 2.45) is 11.5 Å². The number of primary amides is 2. The summed E-state index contributed by atoms with van der Waals surface area (Å²) in [7, 11) is 0. The minimum atomic E-state index is -2.86. The Bertz CT molecular complexity index is 790. The van der Waals surface area contributed by atoms with E-state index in [0.29, 0.717) is 13.2 Å². The predicted molar refractivity (Wildman–Crippen MR) is 146 cm³/mol. The van der Waals surface area contributed by atoms with E-state index in [1.54, 1.807) is 0 Å². The van der Waals surface area contributed by atoms with Gasteiger partial charge >= 0.3 is 18.9 Å². The van der Waals surface area contributed by atoms with Crippen molar-refractivity contribution in [1.82, 2.24) is 0 Å². The van der Waals surface area contributed by atoms with E-state index in [9.17, 15) is 9.36 Å². The van der Waals surface area contributed by atoms with E-state index in [4.69, 9.17) is 13.8 Å². The van der Waals surface area contributed by atoms with Crippen molar-refractivity contribution in [3.63, 3.8) is 0 Å². The number of carbonyl (C=O) groups is 2. The van der Waals surface area contributed by atoms with E-state index in [0.717, 1.165) is 28.6 Å². The Hall–Kier alpha value is -2.17. The summed E-state index contributed by atoms with van der Waals surface area (Å²) in [6.45, 7) is 3.78. The van der Waals surface area contributed by atoms with E-state index in [1.165, 1.54) is 11.4 Å². The lowest BCUT2D eigenvalue weighted by molar-refractivity contribution is 0.237. The van der Waals surface area contributed by atoms with Gasteiger partial charge in [-0.15, -0.1) is 0 Å². The van der Waals surface area contributed by atoms with Crippen molar-refractivity contribution in [1.29, 1.82) is 0 Å². The molecule has 0 aliphatic carbocycles. The topological polar surface area (TPSA) is 146 Å². The number of hydrogen-bond acceptors (Lipinski definition) is 7. The third-order valence-corrected chi connectivity index (χ3v) is 8.46.